The van der Waals surface area contributed by atoms with E-state index in [2.05, 4.69) is 10.6 Å². The SMILES string of the molecule is COc1ccc(NC(=O)c2ccc(NC(=O)C(C)Oc3cccc(Cl)c3)cc2)cc1. The van der Waals surface area contributed by atoms with E-state index in [0.29, 0.717) is 33.5 Å². The van der Waals surface area contributed by atoms with Crippen LogP contribution in [0.15, 0.2) is 72.8 Å². The van der Waals surface area contributed by atoms with Gasteiger partial charge in [0, 0.05) is 22.0 Å². The number of benzene rings is 3. The average molecular weight is 425 g/mol. The van der Waals surface area contributed by atoms with E-state index >= 15 is 0 Å². The van der Waals surface area contributed by atoms with Crippen LogP contribution in [0.5, 0.6) is 11.5 Å². The lowest BCUT2D eigenvalue weighted by molar-refractivity contribution is -0.122. The molecule has 0 aromatic heterocycles. The molecule has 2 N–H and O–H groups in total. The van der Waals surface area contributed by atoms with Crippen LogP contribution in [-0.4, -0.2) is 25.0 Å². The second kappa shape index (κ2) is 9.80. The first-order chi connectivity index (χ1) is 14.4. The lowest BCUT2D eigenvalue weighted by atomic mass is 10.2. The van der Waals surface area contributed by atoms with Gasteiger partial charge in [-0.2, -0.15) is 0 Å². The molecule has 0 radical (unpaired) electrons. The molecule has 30 heavy (non-hydrogen) atoms. The molecule has 1 unspecified atom stereocenters. The predicted octanol–water partition coefficient (Wildman–Crippen LogP) is 5.01. The van der Waals surface area contributed by atoms with Crippen LogP contribution in [0.2, 0.25) is 5.02 Å². The summed E-state index contributed by atoms with van der Waals surface area (Å²) >= 11 is 5.92. The number of amides is 2. The third kappa shape index (κ3) is 5.75. The molecule has 0 aliphatic carbocycles. The molecule has 6 nitrogen and oxygen atoms in total. The quantitative estimate of drug-likeness (QED) is 0.559. The molecule has 0 saturated carbocycles. The summed E-state index contributed by atoms with van der Waals surface area (Å²) in [5.74, 6) is 0.651. The van der Waals surface area contributed by atoms with Crippen molar-refractivity contribution in [1.82, 2.24) is 0 Å². The molecule has 2 amide bonds. The fraction of sp³-hybridized carbons (Fsp3) is 0.130. The summed E-state index contributed by atoms with van der Waals surface area (Å²) in [6.45, 7) is 1.65. The van der Waals surface area contributed by atoms with Gasteiger partial charge in [-0.3, -0.25) is 9.59 Å². The molecule has 3 rings (SSSR count). The second-order valence-electron chi connectivity index (χ2n) is 6.47. The van der Waals surface area contributed by atoms with Crippen molar-refractivity contribution < 1.29 is 19.1 Å². The second-order valence-corrected chi connectivity index (χ2v) is 6.90. The highest BCUT2D eigenvalue weighted by Gasteiger charge is 2.15. The number of halogens is 1. The zero-order chi connectivity index (χ0) is 21.5. The molecule has 1 atom stereocenters. The number of hydrogen-bond acceptors (Lipinski definition) is 4. The topological polar surface area (TPSA) is 76.7 Å². The molecule has 0 aliphatic rings. The van der Waals surface area contributed by atoms with E-state index in [9.17, 15) is 9.59 Å². The monoisotopic (exact) mass is 424 g/mol. The summed E-state index contributed by atoms with van der Waals surface area (Å²) in [5.41, 5.74) is 1.68. The summed E-state index contributed by atoms with van der Waals surface area (Å²) in [6.07, 6.45) is -0.721. The van der Waals surface area contributed by atoms with Crippen molar-refractivity contribution in [2.24, 2.45) is 0 Å². The maximum atomic E-state index is 12.4. The van der Waals surface area contributed by atoms with Gasteiger partial charge < -0.3 is 20.1 Å². The number of ether oxygens (including phenoxy) is 2. The zero-order valence-corrected chi connectivity index (χ0v) is 17.3. The summed E-state index contributed by atoms with van der Waals surface area (Å²) in [5, 5.41) is 6.10. The Bertz CT molecular complexity index is 1020. The van der Waals surface area contributed by atoms with Crippen molar-refractivity contribution in [3.63, 3.8) is 0 Å². The molecular weight excluding hydrogens is 404 g/mol. The van der Waals surface area contributed by atoms with Gasteiger partial charge in [0.05, 0.1) is 7.11 Å². The van der Waals surface area contributed by atoms with Crippen LogP contribution in [0.4, 0.5) is 11.4 Å². The largest absolute Gasteiger partial charge is 0.497 e. The first-order valence-electron chi connectivity index (χ1n) is 9.23. The Morgan fingerprint density at radius 3 is 2.13 bits per heavy atom. The van der Waals surface area contributed by atoms with Gasteiger partial charge >= 0.3 is 0 Å². The molecule has 0 spiro atoms. The maximum absolute atomic E-state index is 12.4. The molecule has 3 aromatic rings. The zero-order valence-electron chi connectivity index (χ0n) is 16.5. The van der Waals surface area contributed by atoms with Crippen molar-refractivity contribution >= 4 is 34.8 Å². The van der Waals surface area contributed by atoms with Gasteiger partial charge in [0.1, 0.15) is 11.5 Å². The number of methoxy groups -OCH3 is 1. The normalized spacial score (nSPS) is 11.3. The standard InChI is InChI=1S/C23H21ClN2O4/c1-15(30-21-5-3-4-17(24)14-21)22(27)25-18-8-6-16(7-9-18)23(28)26-19-10-12-20(29-2)13-11-19/h3-15H,1-2H3,(H,25,27)(H,26,28). The Morgan fingerprint density at radius 2 is 1.50 bits per heavy atom. The molecule has 0 aliphatic heterocycles. The highest BCUT2D eigenvalue weighted by molar-refractivity contribution is 6.30. The Hall–Kier alpha value is -3.51. The fourth-order valence-electron chi connectivity index (χ4n) is 2.62. The number of nitrogens with one attached hydrogen (secondary N) is 2. The third-order valence-corrected chi connectivity index (χ3v) is 4.48. The highest BCUT2D eigenvalue weighted by Crippen LogP contribution is 2.19. The Labute approximate surface area is 179 Å². The van der Waals surface area contributed by atoms with Crippen LogP contribution < -0.4 is 20.1 Å². The van der Waals surface area contributed by atoms with Crippen molar-refractivity contribution in [1.29, 1.82) is 0 Å². The summed E-state index contributed by atoms with van der Waals surface area (Å²) in [6, 6.07) is 20.5. The number of carbonyl (C=O) groups is 2. The van der Waals surface area contributed by atoms with Crippen LogP contribution in [0.1, 0.15) is 17.3 Å². The molecule has 0 heterocycles. The number of rotatable bonds is 7. The summed E-state index contributed by atoms with van der Waals surface area (Å²) in [4.78, 5) is 24.7. The highest BCUT2D eigenvalue weighted by atomic mass is 35.5. The van der Waals surface area contributed by atoms with Gasteiger partial charge in [-0.05, 0) is 73.7 Å². The fourth-order valence-corrected chi connectivity index (χ4v) is 2.80. The van der Waals surface area contributed by atoms with E-state index in [1.807, 2.05) is 0 Å². The van der Waals surface area contributed by atoms with Gasteiger partial charge in [-0.1, -0.05) is 17.7 Å². The molecule has 154 valence electrons. The predicted molar refractivity (Wildman–Crippen MR) is 118 cm³/mol. The van der Waals surface area contributed by atoms with Gasteiger partial charge in [0.15, 0.2) is 6.10 Å². The Balaban J connectivity index is 1.56. The average Bonchev–Trinajstić information content (AvgIpc) is 2.74. The first-order valence-corrected chi connectivity index (χ1v) is 9.61. The van der Waals surface area contributed by atoms with E-state index < -0.39 is 6.10 Å². The van der Waals surface area contributed by atoms with Crippen molar-refractivity contribution in [2.75, 3.05) is 17.7 Å². The summed E-state index contributed by atoms with van der Waals surface area (Å²) < 4.78 is 10.7. The van der Waals surface area contributed by atoms with E-state index in [1.165, 1.54) is 0 Å². The third-order valence-electron chi connectivity index (χ3n) is 4.24. The van der Waals surface area contributed by atoms with Crippen LogP contribution >= 0.6 is 11.6 Å². The molecule has 3 aromatic carbocycles. The van der Waals surface area contributed by atoms with Gasteiger partial charge in [0.2, 0.25) is 0 Å². The minimum absolute atomic E-state index is 0.254. The molecule has 0 fully saturated rings. The molecular formula is C23H21ClN2O4. The van der Waals surface area contributed by atoms with E-state index in [1.54, 1.807) is 86.8 Å². The Morgan fingerprint density at radius 1 is 0.867 bits per heavy atom. The van der Waals surface area contributed by atoms with Crippen LogP contribution in [-0.2, 0) is 4.79 Å². The first kappa shape index (κ1) is 21.2. The number of anilines is 2. The smallest absolute Gasteiger partial charge is 0.265 e. The van der Waals surface area contributed by atoms with Crippen molar-refractivity contribution in [2.45, 2.75) is 13.0 Å². The summed E-state index contributed by atoms with van der Waals surface area (Å²) in [7, 11) is 1.58. The minimum Gasteiger partial charge on any atom is -0.497 e. The Kier molecular flexibility index (Phi) is 6.93. The minimum atomic E-state index is -0.721. The molecule has 7 heteroatoms. The number of carbonyl (C=O) groups excluding carboxylic acids is 2. The molecule has 0 saturated heterocycles. The van der Waals surface area contributed by atoms with E-state index in [-0.39, 0.29) is 11.8 Å². The van der Waals surface area contributed by atoms with Gasteiger partial charge in [-0.15, -0.1) is 0 Å². The van der Waals surface area contributed by atoms with Crippen molar-refractivity contribution in [3.05, 3.63) is 83.4 Å². The van der Waals surface area contributed by atoms with Crippen LogP contribution in [0.3, 0.4) is 0 Å². The lowest BCUT2D eigenvalue weighted by Crippen LogP contribution is -2.30. The van der Waals surface area contributed by atoms with E-state index in [0.717, 1.165) is 0 Å². The lowest BCUT2D eigenvalue weighted by Gasteiger charge is -2.15. The van der Waals surface area contributed by atoms with E-state index in [4.69, 9.17) is 21.1 Å². The van der Waals surface area contributed by atoms with Crippen LogP contribution in [0.25, 0.3) is 0 Å². The van der Waals surface area contributed by atoms with Gasteiger partial charge in [0.25, 0.3) is 11.8 Å². The maximum Gasteiger partial charge on any atom is 0.265 e. The number of hydrogen-bond donors (Lipinski definition) is 2. The molecule has 0 bridgehead atoms. The van der Waals surface area contributed by atoms with Gasteiger partial charge in [-0.25, -0.2) is 0 Å². The van der Waals surface area contributed by atoms with Crippen molar-refractivity contribution in [3.8, 4) is 11.5 Å². The van der Waals surface area contributed by atoms with Crippen LogP contribution in [0, 0.1) is 0 Å².